The third-order valence-electron chi connectivity index (χ3n) is 3.26. The van der Waals surface area contributed by atoms with Crippen molar-refractivity contribution in [2.45, 2.75) is 25.1 Å². The third kappa shape index (κ3) is 4.78. The number of alkyl halides is 1. The molecule has 0 saturated carbocycles. The molecule has 1 atom stereocenters. The molecule has 1 N–H and O–H groups in total. The number of hydrogen-bond donors (Lipinski definition) is 1. The van der Waals surface area contributed by atoms with Crippen LogP contribution in [0.25, 0.3) is 0 Å². The van der Waals surface area contributed by atoms with E-state index in [1.807, 2.05) is 54.6 Å². The van der Waals surface area contributed by atoms with Gasteiger partial charge in [-0.2, -0.15) is 0 Å². The molecule has 0 aromatic heterocycles. The zero-order valence-electron chi connectivity index (χ0n) is 12.6. The van der Waals surface area contributed by atoms with Gasteiger partial charge >= 0.3 is 5.97 Å². The van der Waals surface area contributed by atoms with Gasteiger partial charge in [-0.1, -0.05) is 36.4 Å². The van der Waals surface area contributed by atoms with Gasteiger partial charge in [-0.05, 0) is 37.1 Å². The van der Waals surface area contributed by atoms with Gasteiger partial charge in [0.15, 0.2) is 0 Å². The summed E-state index contributed by atoms with van der Waals surface area (Å²) in [6, 6.07) is 17.8. The molecule has 0 aliphatic heterocycles. The number of halogens is 1. The minimum atomic E-state index is -0.239. The second-order valence-electron chi connectivity index (χ2n) is 4.89. The Hall–Kier alpha value is -2.00. The SMILES string of the molecule is CCOC(=O)CCC(Cl)c1ccccc1Nc1ccccc1. The molecule has 3 nitrogen and oxygen atoms in total. The quantitative estimate of drug-likeness (QED) is 0.573. The summed E-state index contributed by atoms with van der Waals surface area (Å²) >= 11 is 6.47. The molecule has 0 fully saturated rings. The van der Waals surface area contributed by atoms with Crippen LogP contribution in [0.1, 0.15) is 30.7 Å². The summed E-state index contributed by atoms with van der Waals surface area (Å²) in [5.41, 5.74) is 2.94. The van der Waals surface area contributed by atoms with Gasteiger partial charge in [0.1, 0.15) is 0 Å². The van der Waals surface area contributed by atoms with Crippen molar-refractivity contribution in [2.75, 3.05) is 11.9 Å². The van der Waals surface area contributed by atoms with E-state index in [9.17, 15) is 4.79 Å². The number of anilines is 2. The highest BCUT2D eigenvalue weighted by molar-refractivity contribution is 6.21. The summed E-state index contributed by atoms with van der Waals surface area (Å²) in [5, 5.41) is 3.13. The molecule has 2 rings (SSSR count). The molecule has 116 valence electrons. The first kappa shape index (κ1) is 16.4. The molecule has 0 saturated heterocycles. The van der Waals surface area contributed by atoms with E-state index in [1.165, 1.54) is 0 Å². The number of rotatable bonds is 7. The number of para-hydroxylation sites is 2. The predicted molar refractivity (Wildman–Crippen MR) is 90.6 cm³/mol. The first-order chi connectivity index (χ1) is 10.7. The Morgan fingerprint density at radius 3 is 2.55 bits per heavy atom. The van der Waals surface area contributed by atoms with Crippen molar-refractivity contribution < 1.29 is 9.53 Å². The first-order valence-electron chi connectivity index (χ1n) is 7.41. The molecule has 0 amide bonds. The van der Waals surface area contributed by atoms with Crippen molar-refractivity contribution in [1.82, 2.24) is 0 Å². The van der Waals surface area contributed by atoms with Crippen LogP contribution in [0.15, 0.2) is 54.6 Å². The highest BCUT2D eigenvalue weighted by atomic mass is 35.5. The number of esters is 1. The summed E-state index contributed by atoms with van der Waals surface area (Å²) in [6.07, 6.45) is 0.871. The minimum Gasteiger partial charge on any atom is -0.466 e. The van der Waals surface area contributed by atoms with Gasteiger partial charge in [-0.3, -0.25) is 4.79 Å². The summed E-state index contributed by atoms with van der Waals surface area (Å²) in [5.74, 6) is -0.207. The molecule has 2 aromatic rings. The number of carbonyl (C=O) groups is 1. The highest BCUT2D eigenvalue weighted by Gasteiger charge is 2.14. The molecule has 22 heavy (non-hydrogen) atoms. The molecular weight excluding hydrogens is 298 g/mol. The zero-order valence-corrected chi connectivity index (χ0v) is 13.3. The first-order valence-corrected chi connectivity index (χ1v) is 7.85. The van der Waals surface area contributed by atoms with E-state index in [0.29, 0.717) is 19.4 Å². The summed E-state index contributed by atoms with van der Waals surface area (Å²) in [6.45, 7) is 2.20. The number of carbonyl (C=O) groups excluding carboxylic acids is 1. The van der Waals surface area contributed by atoms with Crippen molar-refractivity contribution in [3.05, 3.63) is 60.2 Å². The Balaban J connectivity index is 2.05. The maximum absolute atomic E-state index is 11.5. The van der Waals surface area contributed by atoms with Gasteiger partial charge < -0.3 is 10.1 Å². The standard InChI is InChI=1S/C18H20ClNO2/c1-2-22-18(21)13-12-16(19)15-10-6-7-11-17(15)20-14-8-4-3-5-9-14/h3-11,16,20H,2,12-13H2,1H3. The maximum Gasteiger partial charge on any atom is 0.305 e. The van der Waals surface area contributed by atoms with Crippen LogP contribution in [0, 0.1) is 0 Å². The Morgan fingerprint density at radius 2 is 1.82 bits per heavy atom. The van der Waals surface area contributed by atoms with Crippen LogP contribution in [-0.4, -0.2) is 12.6 Å². The maximum atomic E-state index is 11.5. The Morgan fingerprint density at radius 1 is 1.14 bits per heavy atom. The Kier molecular flexibility index (Phi) is 6.28. The largest absolute Gasteiger partial charge is 0.466 e. The van der Waals surface area contributed by atoms with Crippen LogP contribution >= 0.6 is 11.6 Å². The second kappa shape index (κ2) is 8.44. The van der Waals surface area contributed by atoms with Gasteiger partial charge in [0.05, 0.1) is 12.0 Å². The van der Waals surface area contributed by atoms with Crippen LogP contribution in [0.3, 0.4) is 0 Å². The molecule has 0 bridgehead atoms. The number of hydrogen-bond acceptors (Lipinski definition) is 3. The predicted octanol–water partition coefficient (Wildman–Crippen LogP) is 5.05. The van der Waals surface area contributed by atoms with Gasteiger partial charge in [0.2, 0.25) is 0 Å². The summed E-state index contributed by atoms with van der Waals surface area (Å²) in [7, 11) is 0. The van der Waals surface area contributed by atoms with Crippen LogP contribution < -0.4 is 5.32 Å². The molecule has 0 aliphatic carbocycles. The minimum absolute atomic E-state index is 0.207. The summed E-state index contributed by atoms with van der Waals surface area (Å²) in [4.78, 5) is 11.5. The van der Waals surface area contributed by atoms with Crippen LogP contribution in [0.4, 0.5) is 11.4 Å². The van der Waals surface area contributed by atoms with Crippen LogP contribution in [0.2, 0.25) is 0 Å². The molecule has 0 spiro atoms. The van der Waals surface area contributed by atoms with Crippen molar-refractivity contribution in [2.24, 2.45) is 0 Å². The Labute approximate surface area is 136 Å². The normalized spacial score (nSPS) is 11.7. The van der Waals surface area contributed by atoms with Gasteiger partial charge in [0, 0.05) is 17.8 Å². The van der Waals surface area contributed by atoms with E-state index in [-0.39, 0.29) is 11.3 Å². The van der Waals surface area contributed by atoms with E-state index in [4.69, 9.17) is 16.3 Å². The summed E-state index contributed by atoms with van der Waals surface area (Å²) < 4.78 is 4.94. The lowest BCUT2D eigenvalue weighted by Crippen LogP contribution is -2.06. The molecule has 0 radical (unpaired) electrons. The van der Waals surface area contributed by atoms with Gasteiger partial charge in [-0.15, -0.1) is 11.6 Å². The van der Waals surface area contributed by atoms with Crippen molar-refractivity contribution >= 4 is 28.9 Å². The molecular formula is C18H20ClNO2. The van der Waals surface area contributed by atoms with Crippen molar-refractivity contribution in [3.63, 3.8) is 0 Å². The lowest BCUT2D eigenvalue weighted by Gasteiger charge is -2.16. The smallest absolute Gasteiger partial charge is 0.305 e. The monoisotopic (exact) mass is 317 g/mol. The lowest BCUT2D eigenvalue weighted by atomic mass is 10.1. The second-order valence-corrected chi connectivity index (χ2v) is 5.42. The fraction of sp³-hybridized carbons (Fsp3) is 0.278. The fourth-order valence-corrected chi connectivity index (χ4v) is 2.49. The molecule has 0 heterocycles. The molecule has 0 aliphatic rings. The Bertz CT molecular complexity index is 601. The number of nitrogens with one attached hydrogen (secondary N) is 1. The van der Waals surface area contributed by atoms with E-state index >= 15 is 0 Å². The van der Waals surface area contributed by atoms with Crippen molar-refractivity contribution in [3.8, 4) is 0 Å². The highest BCUT2D eigenvalue weighted by Crippen LogP contribution is 2.33. The molecule has 1 unspecified atom stereocenters. The number of benzene rings is 2. The van der Waals surface area contributed by atoms with Gasteiger partial charge in [0.25, 0.3) is 0 Å². The molecule has 4 heteroatoms. The van der Waals surface area contributed by atoms with Crippen LogP contribution in [0.5, 0.6) is 0 Å². The van der Waals surface area contributed by atoms with Gasteiger partial charge in [-0.25, -0.2) is 0 Å². The molecule has 2 aromatic carbocycles. The average Bonchev–Trinajstić information content (AvgIpc) is 2.54. The van der Waals surface area contributed by atoms with E-state index in [0.717, 1.165) is 16.9 Å². The average molecular weight is 318 g/mol. The number of ether oxygens (including phenoxy) is 1. The third-order valence-corrected chi connectivity index (χ3v) is 3.71. The fourth-order valence-electron chi connectivity index (χ4n) is 2.19. The topological polar surface area (TPSA) is 38.3 Å². The van der Waals surface area contributed by atoms with Crippen molar-refractivity contribution in [1.29, 1.82) is 0 Å². The van der Waals surface area contributed by atoms with Crippen LogP contribution in [-0.2, 0) is 9.53 Å². The zero-order chi connectivity index (χ0) is 15.8. The van der Waals surface area contributed by atoms with E-state index in [2.05, 4.69) is 5.32 Å². The van der Waals surface area contributed by atoms with E-state index in [1.54, 1.807) is 6.92 Å². The van der Waals surface area contributed by atoms with E-state index < -0.39 is 0 Å². The lowest BCUT2D eigenvalue weighted by molar-refractivity contribution is -0.143.